The molecule has 23 heavy (non-hydrogen) atoms. The molecule has 1 aromatic rings. The molecule has 0 spiro atoms. The molecule has 1 atom stereocenters. The molecule has 2 heterocycles. The van der Waals surface area contributed by atoms with Crippen molar-refractivity contribution in [1.29, 1.82) is 0 Å². The lowest BCUT2D eigenvalue weighted by atomic mass is 10.2. The first kappa shape index (κ1) is 17.5. The van der Waals surface area contributed by atoms with Gasteiger partial charge in [0.25, 0.3) is 0 Å². The van der Waals surface area contributed by atoms with Gasteiger partial charge in [0.1, 0.15) is 0 Å². The predicted octanol–water partition coefficient (Wildman–Crippen LogP) is 1.08. The smallest absolute Gasteiger partial charge is 0.378 e. The van der Waals surface area contributed by atoms with Crippen molar-refractivity contribution in [2.45, 2.75) is 19.6 Å². The zero-order valence-corrected chi connectivity index (χ0v) is 12.8. The number of urea groups is 1. The highest BCUT2D eigenvalue weighted by molar-refractivity contribution is 5.73. The van der Waals surface area contributed by atoms with Gasteiger partial charge in [0, 0.05) is 25.8 Å². The third-order valence-electron chi connectivity index (χ3n) is 3.31. The van der Waals surface area contributed by atoms with Crippen molar-refractivity contribution in [3.05, 3.63) is 18.0 Å². The van der Waals surface area contributed by atoms with Gasteiger partial charge in [-0.05, 0) is 5.92 Å². The standard InChI is InChI=1S/C13H20F3N5O2/c1-10(8-20-9-11(7-19-20)13(14,15)16)6-17-12(22)21-3-5-23-4-2-18-21/h7,9-10,18H,2-6,8H2,1H3,(H,17,22). The molecule has 0 bridgehead atoms. The Hall–Kier alpha value is -1.81. The van der Waals surface area contributed by atoms with Crippen molar-refractivity contribution >= 4 is 6.03 Å². The molecule has 7 nitrogen and oxygen atoms in total. The number of rotatable bonds is 4. The van der Waals surface area contributed by atoms with Crippen LogP contribution in [0.25, 0.3) is 0 Å². The number of nitrogens with one attached hydrogen (secondary N) is 2. The molecule has 10 heteroatoms. The summed E-state index contributed by atoms with van der Waals surface area (Å²) >= 11 is 0. The lowest BCUT2D eigenvalue weighted by molar-refractivity contribution is -0.137. The minimum absolute atomic E-state index is 0.0665. The second-order valence-corrected chi connectivity index (χ2v) is 5.41. The van der Waals surface area contributed by atoms with E-state index in [0.717, 1.165) is 12.4 Å². The highest BCUT2D eigenvalue weighted by Crippen LogP contribution is 2.28. The Kier molecular flexibility index (Phi) is 5.83. The van der Waals surface area contributed by atoms with Gasteiger partial charge in [0.05, 0.1) is 31.5 Å². The summed E-state index contributed by atoms with van der Waals surface area (Å²) in [5, 5.41) is 7.88. The zero-order chi connectivity index (χ0) is 16.9. The molecule has 0 radical (unpaired) electrons. The quantitative estimate of drug-likeness (QED) is 0.864. The number of hydrogen-bond acceptors (Lipinski definition) is 4. The van der Waals surface area contributed by atoms with Gasteiger partial charge in [0.15, 0.2) is 0 Å². The topological polar surface area (TPSA) is 71.4 Å². The van der Waals surface area contributed by atoms with Gasteiger partial charge < -0.3 is 10.1 Å². The van der Waals surface area contributed by atoms with Gasteiger partial charge in [-0.2, -0.15) is 18.3 Å². The van der Waals surface area contributed by atoms with E-state index in [1.54, 1.807) is 0 Å². The van der Waals surface area contributed by atoms with Crippen molar-refractivity contribution < 1.29 is 22.7 Å². The second-order valence-electron chi connectivity index (χ2n) is 5.41. The summed E-state index contributed by atoms with van der Waals surface area (Å²) in [6, 6.07) is -0.279. The Morgan fingerprint density at radius 2 is 2.30 bits per heavy atom. The molecule has 1 aliphatic heterocycles. The Balaban J connectivity index is 1.77. The molecule has 1 saturated heterocycles. The van der Waals surface area contributed by atoms with Crippen LogP contribution in [0.1, 0.15) is 12.5 Å². The Bertz CT molecular complexity index is 512. The average Bonchev–Trinajstić information content (AvgIpc) is 2.79. The molecule has 0 aliphatic carbocycles. The van der Waals surface area contributed by atoms with Gasteiger partial charge in [-0.3, -0.25) is 9.69 Å². The molecule has 130 valence electrons. The Morgan fingerprint density at radius 1 is 1.52 bits per heavy atom. The second kappa shape index (κ2) is 7.64. The van der Waals surface area contributed by atoms with Crippen LogP contribution < -0.4 is 10.7 Å². The fraction of sp³-hybridized carbons (Fsp3) is 0.692. The fourth-order valence-corrected chi connectivity index (χ4v) is 2.11. The van der Waals surface area contributed by atoms with E-state index in [-0.39, 0.29) is 18.5 Å². The van der Waals surface area contributed by atoms with Crippen LogP contribution in [-0.2, 0) is 17.5 Å². The van der Waals surface area contributed by atoms with Crippen molar-refractivity contribution in [1.82, 2.24) is 25.5 Å². The molecule has 2 N–H and O–H groups in total. The van der Waals surface area contributed by atoms with Gasteiger partial charge in [-0.15, -0.1) is 0 Å². The maximum Gasteiger partial charge on any atom is 0.419 e. The van der Waals surface area contributed by atoms with Crippen molar-refractivity contribution in [2.24, 2.45) is 5.92 Å². The summed E-state index contributed by atoms with van der Waals surface area (Å²) in [7, 11) is 0. The molecule has 1 fully saturated rings. The monoisotopic (exact) mass is 335 g/mol. The minimum Gasteiger partial charge on any atom is -0.378 e. The first-order valence-electron chi connectivity index (χ1n) is 7.32. The van der Waals surface area contributed by atoms with Crippen LogP contribution in [0.15, 0.2) is 12.4 Å². The highest BCUT2D eigenvalue weighted by atomic mass is 19.4. The van der Waals surface area contributed by atoms with Crippen LogP contribution in [0, 0.1) is 5.92 Å². The van der Waals surface area contributed by atoms with E-state index < -0.39 is 11.7 Å². The van der Waals surface area contributed by atoms with Crippen LogP contribution in [0.4, 0.5) is 18.0 Å². The van der Waals surface area contributed by atoms with E-state index in [1.165, 1.54) is 9.69 Å². The van der Waals surface area contributed by atoms with Crippen molar-refractivity contribution in [3.63, 3.8) is 0 Å². The first-order valence-corrected chi connectivity index (χ1v) is 7.32. The van der Waals surface area contributed by atoms with Gasteiger partial charge in [-0.25, -0.2) is 10.2 Å². The van der Waals surface area contributed by atoms with Gasteiger partial charge >= 0.3 is 12.2 Å². The first-order chi connectivity index (χ1) is 10.9. The number of hydrazine groups is 1. The summed E-state index contributed by atoms with van der Waals surface area (Å²) < 4.78 is 44.0. The lowest BCUT2D eigenvalue weighted by Gasteiger charge is -2.22. The number of carbonyl (C=O) groups excluding carboxylic acids is 1. The van der Waals surface area contributed by atoms with E-state index in [2.05, 4.69) is 15.8 Å². The third kappa shape index (κ3) is 5.39. The fourth-order valence-electron chi connectivity index (χ4n) is 2.11. The summed E-state index contributed by atoms with van der Waals surface area (Å²) in [6.07, 6.45) is -2.63. The van der Waals surface area contributed by atoms with Crippen LogP contribution in [0.2, 0.25) is 0 Å². The number of carbonyl (C=O) groups is 1. The molecule has 2 rings (SSSR count). The van der Waals surface area contributed by atoms with Crippen molar-refractivity contribution in [2.75, 3.05) is 32.8 Å². The summed E-state index contributed by atoms with van der Waals surface area (Å²) in [6.45, 7) is 4.44. The average molecular weight is 335 g/mol. The van der Waals surface area contributed by atoms with Crippen LogP contribution in [0.3, 0.4) is 0 Å². The predicted molar refractivity (Wildman–Crippen MR) is 75.3 cm³/mol. The molecule has 1 aliphatic rings. The zero-order valence-electron chi connectivity index (χ0n) is 12.8. The normalized spacial score (nSPS) is 17.7. The Morgan fingerprint density at radius 3 is 3.00 bits per heavy atom. The number of alkyl halides is 3. The highest BCUT2D eigenvalue weighted by Gasteiger charge is 2.32. The molecule has 1 aromatic heterocycles. The number of amides is 2. The van der Waals surface area contributed by atoms with Gasteiger partial charge in [-0.1, -0.05) is 6.92 Å². The lowest BCUT2D eigenvalue weighted by Crippen LogP contribution is -2.49. The van der Waals surface area contributed by atoms with Crippen LogP contribution in [0.5, 0.6) is 0 Å². The van der Waals surface area contributed by atoms with Gasteiger partial charge in [0.2, 0.25) is 0 Å². The summed E-state index contributed by atoms with van der Waals surface area (Å²) in [5.74, 6) is -0.0665. The SMILES string of the molecule is CC(CNC(=O)N1CCOCCN1)Cn1cc(C(F)(F)F)cn1. The number of hydrogen-bond donors (Lipinski definition) is 2. The molecule has 1 unspecified atom stereocenters. The molecular formula is C13H20F3N5O2. The number of halogens is 3. The number of nitrogens with zero attached hydrogens (tertiary/aromatic N) is 3. The van der Waals surface area contributed by atoms with Crippen LogP contribution in [-0.4, -0.2) is 53.7 Å². The maximum absolute atomic E-state index is 12.5. The van der Waals surface area contributed by atoms with E-state index in [1.807, 2.05) is 6.92 Å². The largest absolute Gasteiger partial charge is 0.419 e. The van der Waals surface area contributed by atoms with E-state index in [0.29, 0.717) is 32.8 Å². The number of ether oxygens (including phenoxy) is 1. The third-order valence-corrected chi connectivity index (χ3v) is 3.31. The molecule has 2 amide bonds. The van der Waals surface area contributed by atoms with E-state index in [4.69, 9.17) is 4.74 Å². The molecule has 0 aromatic carbocycles. The summed E-state index contributed by atoms with van der Waals surface area (Å²) in [5.41, 5.74) is 2.15. The minimum atomic E-state index is -4.39. The van der Waals surface area contributed by atoms with E-state index in [9.17, 15) is 18.0 Å². The van der Waals surface area contributed by atoms with Crippen LogP contribution >= 0.6 is 0 Å². The number of aromatic nitrogens is 2. The van der Waals surface area contributed by atoms with E-state index >= 15 is 0 Å². The molecular weight excluding hydrogens is 315 g/mol. The van der Waals surface area contributed by atoms with Crippen molar-refractivity contribution in [3.8, 4) is 0 Å². The maximum atomic E-state index is 12.5. The Labute approximate surface area is 131 Å². The molecule has 0 saturated carbocycles. The summed E-state index contributed by atoms with van der Waals surface area (Å²) in [4.78, 5) is 12.0.